The Kier molecular flexibility index (Phi) is 4.46. The van der Waals surface area contributed by atoms with E-state index in [-0.39, 0.29) is 19.0 Å². The fourth-order valence-corrected chi connectivity index (χ4v) is 2.11. The molecule has 1 aliphatic rings. The van der Waals surface area contributed by atoms with Crippen molar-refractivity contribution in [1.29, 1.82) is 0 Å². The van der Waals surface area contributed by atoms with Gasteiger partial charge in [0.25, 0.3) is 5.92 Å². The molecule has 0 radical (unpaired) electrons. The molecule has 1 saturated heterocycles. The van der Waals surface area contributed by atoms with E-state index in [1.54, 1.807) is 0 Å². The lowest BCUT2D eigenvalue weighted by Gasteiger charge is -2.26. The summed E-state index contributed by atoms with van der Waals surface area (Å²) in [5.74, 6) is -2.49. The first kappa shape index (κ1) is 12.8. The second kappa shape index (κ2) is 5.21. The summed E-state index contributed by atoms with van der Waals surface area (Å²) in [6.45, 7) is 8.13. The van der Waals surface area contributed by atoms with E-state index >= 15 is 0 Å². The molecule has 0 spiro atoms. The van der Waals surface area contributed by atoms with Gasteiger partial charge >= 0.3 is 0 Å². The van der Waals surface area contributed by atoms with Crippen molar-refractivity contribution in [3.05, 3.63) is 0 Å². The molecule has 0 aromatic rings. The molecule has 1 heterocycles. The van der Waals surface area contributed by atoms with E-state index in [4.69, 9.17) is 0 Å². The molecule has 1 atom stereocenters. The van der Waals surface area contributed by atoms with Crippen molar-refractivity contribution in [1.82, 2.24) is 10.2 Å². The summed E-state index contributed by atoms with van der Waals surface area (Å²) in [7, 11) is 0. The highest BCUT2D eigenvalue weighted by molar-refractivity contribution is 4.87. The molecule has 1 N–H and O–H groups in total. The third-order valence-corrected chi connectivity index (χ3v) is 3.10. The number of hydrogen-bond acceptors (Lipinski definition) is 2. The lowest BCUT2D eigenvalue weighted by molar-refractivity contribution is 0.0205. The molecule has 90 valence electrons. The number of halogens is 2. The summed E-state index contributed by atoms with van der Waals surface area (Å²) < 4.78 is 25.8. The highest BCUT2D eigenvalue weighted by Crippen LogP contribution is 2.26. The zero-order chi connectivity index (χ0) is 11.5. The predicted octanol–water partition coefficient (Wildman–Crippen LogP) is 2.10. The number of nitrogens with zero attached hydrogens (tertiary/aromatic N) is 1. The first-order valence-electron chi connectivity index (χ1n) is 5.80. The third-order valence-electron chi connectivity index (χ3n) is 3.10. The van der Waals surface area contributed by atoms with Gasteiger partial charge in [0.15, 0.2) is 0 Å². The van der Waals surface area contributed by atoms with Crippen LogP contribution in [0.3, 0.4) is 0 Å². The molecular formula is C11H22F2N2. The molecule has 0 aliphatic carbocycles. The van der Waals surface area contributed by atoms with Crippen LogP contribution in [0.15, 0.2) is 0 Å². The topological polar surface area (TPSA) is 15.3 Å². The van der Waals surface area contributed by atoms with Gasteiger partial charge in [-0.1, -0.05) is 6.92 Å². The molecule has 15 heavy (non-hydrogen) atoms. The van der Waals surface area contributed by atoms with Crippen LogP contribution in [0, 0.1) is 0 Å². The number of rotatable bonds is 5. The van der Waals surface area contributed by atoms with Gasteiger partial charge in [-0.2, -0.15) is 0 Å². The summed E-state index contributed by atoms with van der Waals surface area (Å²) in [5.41, 5.74) is 0. The van der Waals surface area contributed by atoms with Crippen molar-refractivity contribution in [2.24, 2.45) is 0 Å². The van der Waals surface area contributed by atoms with Gasteiger partial charge < -0.3 is 10.2 Å². The second-order valence-corrected chi connectivity index (χ2v) is 4.65. The van der Waals surface area contributed by atoms with Crippen LogP contribution in [0.1, 0.15) is 33.6 Å². The van der Waals surface area contributed by atoms with E-state index in [9.17, 15) is 8.78 Å². The molecule has 1 aliphatic heterocycles. The van der Waals surface area contributed by atoms with Crippen LogP contribution in [0.2, 0.25) is 0 Å². The van der Waals surface area contributed by atoms with Crippen molar-refractivity contribution in [3.63, 3.8) is 0 Å². The van der Waals surface area contributed by atoms with Gasteiger partial charge in [-0.05, 0) is 33.4 Å². The maximum Gasteiger partial charge on any atom is 0.261 e. The Morgan fingerprint density at radius 1 is 1.47 bits per heavy atom. The fourth-order valence-electron chi connectivity index (χ4n) is 2.11. The van der Waals surface area contributed by atoms with Gasteiger partial charge in [0.2, 0.25) is 0 Å². The first-order chi connectivity index (χ1) is 6.94. The zero-order valence-electron chi connectivity index (χ0n) is 9.89. The molecule has 0 aromatic carbocycles. The SMILES string of the molecule is CCN(CCC1CC(F)(F)CN1)C(C)C. The van der Waals surface area contributed by atoms with Crippen molar-refractivity contribution < 1.29 is 8.78 Å². The Morgan fingerprint density at radius 3 is 2.53 bits per heavy atom. The predicted molar refractivity (Wildman–Crippen MR) is 58.4 cm³/mol. The van der Waals surface area contributed by atoms with Gasteiger partial charge in [0.1, 0.15) is 0 Å². The summed E-state index contributed by atoms with van der Waals surface area (Å²) in [6.07, 6.45) is 0.824. The van der Waals surface area contributed by atoms with E-state index in [1.165, 1.54) is 0 Å². The standard InChI is InChI=1S/C11H22F2N2/c1-4-15(9(2)3)6-5-10-7-11(12,13)8-14-10/h9-10,14H,4-8H2,1-3H3. The molecule has 0 aromatic heterocycles. The average molecular weight is 220 g/mol. The van der Waals surface area contributed by atoms with Gasteiger partial charge in [-0.3, -0.25) is 0 Å². The van der Waals surface area contributed by atoms with Gasteiger partial charge in [0, 0.05) is 18.5 Å². The number of hydrogen-bond donors (Lipinski definition) is 1. The average Bonchev–Trinajstić information content (AvgIpc) is 2.46. The summed E-state index contributed by atoms with van der Waals surface area (Å²) in [4.78, 5) is 2.30. The Bertz CT molecular complexity index is 195. The lowest BCUT2D eigenvalue weighted by Crippen LogP contribution is -2.35. The number of alkyl halides is 2. The van der Waals surface area contributed by atoms with Crippen LogP contribution in [-0.2, 0) is 0 Å². The maximum atomic E-state index is 12.9. The van der Waals surface area contributed by atoms with Crippen LogP contribution in [0.5, 0.6) is 0 Å². The van der Waals surface area contributed by atoms with E-state index in [2.05, 4.69) is 31.0 Å². The Labute approximate surface area is 91.0 Å². The number of nitrogens with one attached hydrogen (secondary N) is 1. The quantitative estimate of drug-likeness (QED) is 0.763. The molecule has 1 rings (SSSR count). The smallest absolute Gasteiger partial charge is 0.261 e. The minimum absolute atomic E-state index is 0.00263. The van der Waals surface area contributed by atoms with Crippen LogP contribution in [0.25, 0.3) is 0 Å². The van der Waals surface area contributed by atoms with Crippen LogP contribution in [-0.4, -0.2) is 42.5 Å². The molecule has 2 nitrogen and oxygen atoms in total. The molecule has 0 saturated carbocycles. The van der Waals surface area contributed by atoms with Crippen molar-refractivity contribution >= 4 is 0 Å². The van der Waals surface area contributed by atoms with E-state index < -0.39 is 5.92 Å². The normalized spacial score (nSPS) is 25.4. The second-order valence-electron chi connectivity index (χ2n) is 4.65. The van der Waals surface area contributed by atoms with Gasteiger partial charge in [0.05, 0.1) is 6.54 Å². The van der Waals surface area contributed by atoms with E-state index in [1.807, 2.05) is 0 Å². The minimum atomic E-state index is -2.49. The maximum absolute atomic E-state index is 12.9. The molecule has 1 unspecified atom stereocenters. The molecule has 1 fully saturated rings. The van der Waals surface area contributed by atoms with E-state index in [0.717, 1.165) is 19.5 Å². The van der Waals surface area contributed by atoms with Crippen LogP contribution < -0.4 is 5.32 Å². The summed E-state index contributed by atoms with van der Waals surface area (Å²) in [5, 5.41) is 2.89. The zero-order valence-corrected chi connectivity index (χ0v) is 9.89. The van der Waals surface area contributed by atoms with Crippen molar-refractivity contribution in [2.75, 3.05) is 19.6 Å². The van der Waals surface area contributed by atoms with Crippen molar-refractivity contribution in [2.45, 2.75) is 51.6 Å². The summed E-state index contributed by atoms with van der Waals surface area (Å²) >= 11 is 0. The highest BCUT2D eigenvalue weighted by Gasteiger charge is 2.38. The Hall–Kier alpha value is -0.220. The Balaban J connectivity index is 2.26. The Morgan fingerprint density at radius 2 is 2.13 bits per heavy atom. The molecule has 4 heteroatoms. The lowest BCUT2D eigenvalue weighted by atomic mass is 10.1. The first-order valence-corrected chi connectivity index (χ1v) is 5.80. The monoisotopic (exact) mass is 220 g/mol. The van der Waals surface area contributed by atoms with E-state index in [0.29, 0.717) is 6.04 Å². The van der Waals surface area contributed by atoms with Crippen molar-refractivity contribution in [3.8, 4) is 0 Å². The molecular weight excluding hydrogens is 198 g/mol. The van der Waals surface area contributed by atoms with Gasteiger partial charge in [-0.25, -0.2) is 8.78 Å². The fraction of sp³-hybridized carbons (Fsp3) is 1.00. The largest absolute Gasteiger partial charge is 0.308 e. The van der Waals surface area contributed by atoms with Gasteiger partial charge in [-0.15, -0.1) is 0 Å². The molecule has 0 amide bonds. The molecule has 0 bridgehead atoms. The highest BCUT2D eigenvalue weighted by atomic mass is 19.3. The summed E-state index contributed by atoms with van der Waals surface area (Å²) in [6, 6.07) is 0.490. The van der Waals surface area contributed by atoms with Crippen LogP contribution in [0.4, 0.5) is 8.78 Å². The third kappa shape index (κ3) is 4.03. The minimum Gasteiger partial charge on any atom is -0.308 e. The van der Waals surface area contributed by atoms with Crippen LogP contribution >= 0.6 is 0 Å².